The number of nitrogens with one attached hydrogen (secondary N) is 1. The highest BCUT2D eigenvalue weighted by molar-refractivity contribution is 6.31. The Labute approximate surface area is 158 Å². The molecule has 0 aliphatic carbocycles. The van der Waals surface area contributed by atoms with E-state index in [0.717, 1.165) is 25.9 Å². The van der Waals surface area contributed by atoms with Gasteiger partial charge in [-0.15, -0.1) is 0 Å². The average Bonchev–Trinajstić information content (AvgIpc) is 2.68. The Hall–Kier alpha value is -1.41. The summed E-state index contributed by atoms with van der Waals surface area (Å²) >= 11 is 6.05. The van der Waals surface area contributed by atoms with Gasteiger partial charge in [0.2, 0.25) is 5.88 Å². The van der Waals surface area contributed by atoms with E-state index in [1.807, 2.05) is 4.90 Å². The van der Waals surface area contributed by atoms with Gasteiger partial charge < -0.3 is 24.4 Å². The minimum atomic E-state index is -0.106. The summed E-state index contributed by atoms with van der Waals surface area (Å²) in [4.78, 5) is 18.8. The fourth-order valence-electron chi connectivity index (χ4n) is 3.54. The topological polar surface area (TPSA) is 72.9 Å². The van der Waals surface area contributed by atoms with Crippen LogP contribution < -0.4 is 10.1 Å². The number of nitrogens with zero attached hydrogens (tertiary/aromatic N) is 2. The van der Waals surface area contributed by atoms with Gasteiger partial charge >= 0.3 is 0 Å². The zero-order valence-electron chi connectivity index (χ0n) is 15.2. The fraction of sp³-hybridized carbons (Fsp3) is 0.667. The molecule has 0 spiro atoms. The predicted octanol–water partition coefficient (Wildman–Crippen LogP) is 1.74. The third-order valence-corrected chi connectivity index (χ3v) is 5.25. The van der Waals surface area contributed by atoms with Crippen molar-refractivity contribution in [1.82, 2.24) is 15.2 Å². The Balaban J connectivity index is 1.54. The quantitative estimate of drug-likeness (QED) is 0.835. The maximum absolute atomic E-state index is 12.7. The number of amides is 1. The highest BCUT2D eigenvalue weighted by Gasteiger charge is 2.30. The van der Waals surface area contributed by atoms with Crippen LogP contribution in [0, 0.1) is 0 Å². The molecule has 3 heterocycles. The molecule has 3 rings (SSSR count). The van der Waals surface area contributed by atoms with Crippen molar-refractivity contribution in [3.8, 4) is 5.88 Å². The van der Waals surface area contributed by atoms with Crippen molar-refractivity contribution in [3.05, 3.63) is 22.8 Å². The summed E-state index contributed by atoms with van der Waals surface area (Å²) < 4.78 is 16.1. The number of carbonyl (C=O) groups excluding carboxylic acids is 1. The summed E-state index contributed by atoms with van der Waals surface area (Å²) in [6, 6.07) is 3.86. The third-order valence-electron chi connectivity index (χ3n) is 5.03. The highest BCUT2D eigenvalue weighted by atomic mass is 35.5. The molecule has 0 aromatic carbocycles. The van der Waals surface area contributed by atoms with Gasteiger partial charge in [0.1, 0.15) is 5.69 Å². The zero-order valence-corrected chi connectivity index (χ0v) is 16.0. The largest absolute Gasteiger partial charge is 0.481 e. The van der Waals surface area contributed by atoms with Gasteiger partial charge in [-0.3, -0.25) is 4.79 Å². The predicted molar refractivity (Wildman–Crippen MR) is 97.9 cm³/mol. The van der Waals surface area contributed by atoms with Crippen LogP contribution in [0.15, 0.2) is 12.1 Å². The molecule has 0 unspecified atom stereocenters. The number of likely N-dealkylation sites (tertiary alicyclic amines) is 1. The normalized spacial score (nSPS) is 24.5. The number of hydrogen-bond acceptors (Lipinski definition) is 6. The maximum atomic E-state index is 12.7. The minimum Gasteiger partial charge on any atom is -0.481 e. The van der Waals surface area contributed by atoms with Crippen molar-refractivity contribution in [2.45, 2.75) is 37.5 Å². The third kappa shape index (κ3) is 4.65. The Morgan fingerprint density at radius 2 is 2.08 bits per heavy atom. The highest BCUT2D eigenvalue weighted by Crippen LogP contribution is 2.21. The summed E-state index contributed by atoms with van der Waals surface area (Å²) in [5, 5.41) is 4.13. The van der Waals surface area contributed by atoms with Gasteiger partial charge in [0.25, 0.3) is 5.91 Å². The van der Waals surface area contributed by atoms with Crippen LogP contribution in [0.5, 0.6) is 5.88 Å². The first kappa shape index (κ1) is 19.4. The van der Waals surface area contributed by atoms with E-state index in [1.54, 1.807) is 19.2 Å². The lowest BCUT2D eigenvalue weighted by atomic mass is 9.99. The summed E-state index contributed by atoms with van der Waals surface area (Å²) in [7, 11) is 3.23. The summed E-state index contributed by atoms with van der Waals surface area (Å²) in [5.41, 5.74) is 0.324. The number of rotatable bonds is 5. The van der Waals surface area contributed by atoms with Crippen LogP contribution in [0.4, 0.5) is 0 Å². The number of ether oxygens (including phenoxy) is 3. The van der Waals surface area contributed by atoms with Crippen molar-refractivity contribution in [2.24, 2.45) is 0 Å². The molecule has 2 aliphatic rings. The van der Waals surface area contributed by atoms with Crippen molar-refractivity contribution in [1.29, 1.82) is 0 Å². The van der Waals surface area contributed by atoms with E-state index in [-0.39, 0.29) is 12.0 Å². The van der Waals surface area contributed by atoms with E-state index >= 15 is 0 Å². The molecule has 26 heavy (non-hydrogen) atoms. The van der Waals surface area contributed by atoms with Gasteiger partial charge in [0, 0.05) is 50.0 Å². The lowest BCUT2D eigenvalue weighted by Gasteiger charge is -2.38. The van der Waals surface area contributed by atoms with Crippen LogP contribution in [0.1, 0.15) is 29.8 Å². The molecular formula is C18H26ClN3O4. The minimum absolute atomic E-state index is 0.0894. The number of carbonyl (C=O) groups is 1. The molecule has 2 atom stereocenters. The molecule has 0 bridgehead atoms. The van der Waals surface area contributed by atoms with Crippen LogP contribution in [-0.4, -0.2) is 74.5 Å². The molecule has 1 amide bonds. The average molecular weight is 384 g/mol. The first-order valence-electron chi connectivity index (χ1n) is 8.98. The fourth-order valence-corrected chi connectivity index (χ4v) is 3.73. The summed E-state index contributed by atoms with van der Waals surface area (Å²) in [6.45, 7) is 2.77. The van der Waals surface area contributed by atoms with E-state index in [0.29, 0.717) is 48.4 Å². The number of pyridine rings is 1. The lowest BCUT2D eigenvalue weighted by Crippen LogP contribution is -2.54. The maximum Gasteiger partial charge on any atom is 0.272 e. The van der Waals surface area contributed by atoms with Crippen LogP contribution in [0.2, 0.25) is 5.02 Å². The van der Waals surface area contributed by atoms with Gasteiger partial charge in [0.05, 0.1) is 19.8 Å². The number of methoxy groups -OCH3 is 2. The molecule has 0 radical (unpaired) electrons. The van der Waals surface area contributed by atoms with Crippen LogP contribution in [0.3, 0.4) is 0 Å². The molecule has 0 saturated carbocycles. The molecule has 1 aromatic rings. The molecule has 1 aromatic heterocycles. The zero-order chi connectivity index (χ0) is 18.5. The van der Waals surface area contributed by atoms with Crippen molar-refractivity contribution >= 4 is 17.5 Å². The first-order chi connectivity index (χ1) is 12.6. The number of halogens is 1. The SMILES string of the molecule is COc1cc(Cl)cc(C(=O)N2CCC(N[C@H]3CCOC[C@H]3OC)CC2)n1. The Bertz CT molecular complexity index is 622. The van der Waals surface area contributed by atoms with Gasteiger partial charge in [0.15, 0.2) is 0 Å². The van der Waals surface area contributed by atoms with E-state index in [1.165, 1.54) is 7.11 Å². The molecule has 2 fully saturated rings. The van der Waals surface area contributed by atoms with Gasteiger partial charge in [-0.05, 0) is 25.3 Å². The Morgan fingerprint density at radius 3 is 2.77 bits per heavy atom. The molecule has 7 nitrogen and oxygen atoms in total. The smallest absolute Gasteiger partial charge is 0.272 e. The standard InChI is InChI=1S/C18H26ClN3O4/c1-24-16-11-26-8-5-14(16)20-13-3-6-22(7-4-13)18(23)15-9-12(19)10-17(21-15)25-2/h9-10,13-14,16,20H,3-8,11H2,1-2H3/t14-,16+/m0/s1. The first-order valence-corrected chi connectivity index (χ1v) is 9.36. The second-order valence-electron chi connectivity index (χ2n) is 6.69. The summed E-state index contributed by atoms with van der Waals surface area (Å²) in [6.07, 6.45) is 2.84. The van der Waals surface area contributed by atoms with E-state index in [4.69, 9.17) is 25.8 Å². The molecule has 8 heteroatoms. The van der Waals surface area contributed by atoms with Crippen molar-refractivity contribution < 1.29 is 19.0 Å². The lowest BCUT2D eigenvalue weighted by molar-refractivity contribution is -0.0533. The monoisotopic (exact) mass is 383 g/mol. The number of hydrogen-bond donors (Lipinski definition) is 1. The number of piperidine rings is 1. The van der Waals surface area contributed by atoms with E-state index in [2.05, 4.69) is 10.3 Å². The van der Waals surface area contributed by atoms with Gasteiger partial charge in [-0.25, -0.2) is 4.98 Å². The Morgan fingerprint density at radius 1 is 1.31 bits per heavy atom. The Kier molecular flexibility index (Phi) is 6.69. The van der Waals surface area contributed by atoms with Crippen molar-refractivity contribution in [2.75, 3.05) is 40.5 Å². The molecule has 1 N–H and O–H groups in total. The second kappa shape index (κ2) is 8.99. The van der Waals surface area contributed by atoms with E-state index < -0.39 is 0 Å². The van der Waals surface area contributed by atoms with Crippen LogP contribution >= 0.6 is 11.6 Å². The molecule has 144 valence electrons. The van der Waals surface area contributed by atoms with Crippen molar-refractivity contribution in [3.63, 3.8) is 0 Å². The molecule has 2 saturated heterocycles. The van der Waals surface area contributed by atoms with Crippen LogP contribution in [-0.2, 0) is 9.47 Å². The van der Waals surface area contributed by atoms with E-state index in [9.17, 15) is 4.79 Å². The summed E-state index contributed by atoms with van der Waals surface area (Å²) in [5.74, 6) is 0.243. The van der Waals surface area contributed by atoms with Crippen LogP contribution in [0.25, 0.3) is 0 Å². The second-order valence-corrected chi connectivity index (χ2v) is 7.13. The number of aromatic nitrogens is 1. The molecular weight excluding hydrogens is 358 g/mol. The van der Waals surface area contributed by atoms with Gasteiger partial charge in [-0.1, -0.05) is 11.6 Å². The van der Waals surface area contributed by atoms with Gasteiger partial charge in [-0.2, -0.15) is 0 Å². The molecule has 2 aliphatic heterocycles.